The Morgan fingerprint density at radius 3 is 2.81 bits per heavy atom. The zero-order chi connectivity index (χ0) is 24.5. The fourth-order valence-electron chi connectivity index (χ4n) is 5.15. The fraction of sp³-hybridized carbons (Fsp3) is 0.440. The van der Waals surface area contributed by atoms with Crippen LogP contribution in [0.5, 0.6) is 0 Å². The van der Waals surface area contributed by atoms with E-state index in [0.29, 0.717) is 27.9 Å². The fourth-order valence-corrected chi connectivity index (χ4v) is 7.03. The maximum absolute atomic E-state index is 14.9. The Bertz CT molecular complexity index is 1380. The highest BCUT2D eigenvalue weighted by Crippen LogP contribution is 2.35. The highest BCUT2D eigenvalue weighted by molar-refractivity contribution is 7.99. The number of halogens is 1. The molecule has 1 aliphatic carbocycles. The van der Waals surface area contributed by atoms with Gasteiger partial charge in [0.25, 0.3) is 0 Å². The number of aromatic nitrogens is 4. The van der Waals surface area contributed by atoms with Gasteiger partial charge < -0.3 is 5.32 Å². The van der Waals surface area contributed by atoms with Crippen LogP contribution in [0, 0.1) is 5.82 Å². The van der Waals surface area contributed by atoms with E-state index < -0.39 is 0 Å². The molecule has 2 fully saturated rings. The summed E-state index contributed by atoms with van der Waals surface area (Å²) in [6.45, 7) is 4.23. The van der Waals surface area contributed by atoms with Crippen LogP contribution in [0.25, 0.3) is 16.0 Å². The minimum Gasteiger partial charge on any atom is -0.301 e. The molecule has 1 aromatic carbocycles. The Balaban J connectivity index is 1.08. The third-order valence-electron chi connectivity index (χ3n) is 7.02. The van der Waals surface area contributed by atoms with Gasteiger partial charge in [-0.2, -0.15) is 0 Å². The predicted molar refractivity (Wildman–Crippen MR) is 140 cm³/mol. The van der Waals surface area contributed by atoms with Crippen LogP contribution in [0.2, 0.25) is 0 Å². The molecule has 4 heterocycles. The molecule has 8 nitrogen and oxygen atoms in total. The van der Waals surface area contributed by atoms with Gasteiger partial charge in [0, 0.05) is 50.7 Å². The number of fused-ring (bicyclic) bond motifs is 2. The summed E-state index contributed by atoms with van der Waals surface area (Å²) in [6, 6.07) is 5.75. The van der Waals surface area contributed by atoms with Crippen molar-refractivity contribution in [1.29, 1.82) is 0 Å². The van der Waals surface area contributed by atoms with Gasteiger partial charge in [-0.1, -0.05) is 42.4 Å². The van der Waals surface area contributed by atoms with Gasteiger partial charge in [0.15, 0.2) is 5.13 Å². The lowest BCUT2D eigenvalue weighted by Gasteiger charge is -2.40. The van der Waals surface area contributed by atoms with Gasteiger partial charge in [0.1, 0.15) is 10.8 Å². The minimum atomic E-state index is -0.356. The number of hydrogen-bond acceptors (Lipinski definition) is 8. The maximum atomic E-state index is 14.9. The Kier molecular flexibility index (Phi) is 6.87. The van der Waals surface area contributed by atoms with Crippen LogP contribution in [0.4, 0.5) is 9.52 Å². The first-order valence-electron chi connectivity index (χ1n) is 12.4. The number of imidazole rings is 1. The van der Waals surface area contributed by atoms with Gasteiger partial charge >= 0.3 is 0 Å². The van der Waals surface area contributed by atoms with Crippen molar-refractivity contribution in [2.24, 2.45) is 0 Å². The molecule has 2 aliphatic rings. The summed E-state index contributed by atoms with van der Waals surface area (Å²) in [7, 11) is 0. The lowest BCUT2D eigenvalue weighted by atomic mass is 9.94. The summed E-state index contributed by atoms with van der Waals surface area (Å²) in [4.78, 5) is 30.9. The first kappa shape index (κ1) is 23.8. The van der Waals surface area contributed by atoms with E-state index >= 15 is 0 Å². The third-order valence-corrected chi connectivity index (χ3v) is 9.00. The van der Waals surface area contributed by atoms with Crippen molar-refractivity contribution in [1.82, 2.24) is 29.2 Å². The summed E-state index contributed by atoms with van der Waals surface area (Å²) in [6.07, 6.45) is 11.9. The standard InChI is InChI=1S/C25H28FN7OS2/c26-18-13-19-21(14-20(18)35-23-15-28-24-27-7-4-8-33(23)24)36-25(29-19)30-22(34)16-31-9-11-32(12-10-31)17-5-2-1-3-6-17/h4,7-8,13-15,17H,1-3,5-6,9-12,16H2,(H,29,30,34). The molecule has 4 aromatic rings. The molecule has 11 heteroatoms. The lowest BCUT2D eigenvalue weighted by Crippen LogP contribution is -2.52. The molecule has 0 spiro atoms. The summed E-state index contributed by atoms with van der Waals surface area (Å²) in [5.41, 5.74) is 0.540. The molecule has 1 N–H and O–H groups in total. The maximum Gasteiger partial charge on any atom is 0.240 e. The normalized spacial score (nSPS) is 18.2. The van der Waals surface area contributed by atoms with Crippen molar-refractivity contribution in [2.75, 3.05) is 38.0 Å². The van der Waals surface area contributed by atoms with Gasteiger partial charge in [0.05, 0.1) is 27.9 Å². The van der Waals surface area contributed by atoms with E-state index in [1.807, 2.05) is 16.7 Å². The Morgan fingerprint density at radius 1 is 1.14 bits per heavy atom. The molecule has 0 unspecified atom stereocenters. The second-order valence-corrected chi connectivity index (χ2v) is 11.5. The van der Waals surface area contributed by atoms with Crippen molar-refractivity contribution in [2.45, 2.75) is 48.1 Å². The Hall–Kier alpha value is -2.60. The van der Waals surface area contributed by atoms with E-state index in [2.05, 4.69) is 30.1 Å². The van der Waals surface area contributed by atoms with Crippen LogP contribution >= 0.6 is 23.1 Å². The first-order chi connectivity index (χ1) is 17.6. The molecule has 1 amide bonds. The summed E-state index contributed by atoms with van der Waals surface area (Å²) in [5.74, 6) is 0.138. The number of carbonyl (C=O) groups excluding carboxylic acids is 1. The van der Waals surface area contributed by atoms with Crippen molar-refractivity contribution in [3.05, 3.63) is 42.6 Å². The number of thiazole rings is 1. The number of carbonyl (C=O) groups is 1. The van der Waals surface area contributed by atoms with Gasteiger partial charge in [-0.25, -0.2) is 19.3 Å². The summed E-state index contributed by atoms with van der Waals surface area (Å²) >= 11 is 2.65. The molecule has 1 saturated carbocycles. The van der Waals surface area contributed by atoms with E-state index in [1.54, 1.807) is 18.5 Å². The highest BCUT2D eigenvalue weighted by atomic mass is 32.2. The molecule has 36 heavy (non-hydrogen) atoms. The third kappa shape index (κ3) is 5.10. The molecule has 0 atom stereocenters. The summed E-state index contributed by atoms with van der Waals surface area (Å²) in [5, 5.41) is 4.20. The smallest absolute Gasteiger partial charge is 0.240 e. The second-order valence-electron chi connectivity index (χ2n) is 9.41. The number of anilines is 1. The predicted octanol–water partition coefficient (Wildman–Crippen LogP) is 4.52. The quantitative estimate of drug-likeness (QED) is 0.397. The summed E-state index contributed by atoms with van der Waals surface area (Å²) < 4.78 is 17.5. The Morgan fingerprint density at radius 2 is 1.97 bits per heavy atom. The topological polar surface area (TPSA) is 78.7 Å². The van der Waals surface area contributed by atoms with E-state index in [0.717, 1.165) is 41.9 Å². The molecule has 3 aromatic heterocycles. The molecule has 1 aliphatic heterocycles. The van der Waals surface area contributed by atoms with Crippen LogP contribution < -0.4 is 5.32 Å². The SMILES string of the molecule is O=C(CN1CCN(C2CCCCC2)CC1)Nc1nc2cc(F)c(Sc3cnc4ncccn34)cc2s1. The molecule has 188 valence electrons. The molecule has 1 saturated heterocycles. The molecular formula is C25H28FN7OS2. The molecule has 0 bridgehead atoms. The molecular weight excluding hydrogens is 497 g/mol. The zero-order valence-electron chi connectivity index (χ0n) is 19.9. The minimum absolute atomic E-state index is 0.0755. The van der Waals surface area contributed by atoms with Gasteiger partial charge in [-0.15, -0.1) is 0 Å². The van der Waals surface area contributed by atoms with Crippen LogP contribution in [-0.2, 0) is 4.79 Å². The van der Waals surface area contributed by atoms with Crippen molar-refractivity contribution < 1.29 is 9.18 Å². The van der Waals surface area contributed by atoms with E-state index in [1.165, 1.54) is 61.3 Å². The average Bonchev–Trinajstić information content (AvgIpc) is 3.48. The monoisotopic (exact) mass is 525 g/mol. The van der Waals surface area contributed by atoms with E-state index in [-0.39, 0.29) is 11.7 Å². The van der Waals surface area contributed by atoms with Crippen molar-refractivity contribution in [3.63, 3.8) is 0 Å². The number of nitrogens with one attached hydrogen (secondary N) is 1. The van der Waals surface area contributed by atoms with Gasteiger partial charge in [-0.05, 0) is 25.0 Å². The van der Waals surface area contributed by atoms with Crippen LogP contribution in [0.15, 0.2) is 46.7 Å². The van der Waals surface area contributed by atoms with E-state index in [4.69, 9.17) is 0 Å². The second kappa shape index (κ2) is 10.4. The van der Waals surface area contributed by atoms with Gasteiger partial charge in [-0.3, -0.25) is 19.0 Å². The van der Waals surface area contributed by atoms with E-state index in [9.17, 15) is 9.18 Å². The molecule has 0 radical (unpaired) electrons. The number of amides is 1. The van der Waals surface area contributed by atoms with Gasteiger partial charge in [0.2, 0.25) is 11.7 Å². The first-order valence-corrected chi connectivity index (χ1v) is 14.1. The number of benzene rings is 1. The molecule has 6 rings (SSSR count). The highest BCUT2D eigenvalue weighted by Gasteiger charge is 2.26. The van der Waals surface area contributed by atoms with Crippen LogP contribution in [-0.4, -0.2) is 73.8 Å². The number of nitrogens with zero attached hydrogens (tertiary/aromatic N) is 6. The number of hydrogen-bond donors (Lipinski definition) is 1. The van der Waals surface area contributed by atoms with Crippen molar-refractivity contribution >= 4 is 50.1 Å². The average molecular weight is 526 g/mol. The number of piperazine rings is 1. The lowest BCUT2D eigenvalue weighted by molar-refractivity contribution is -0.117. The largest absolute Gasteiger partial charge is 0.301 e. The van der Waals surface area contributed by atoms with Crippen molar-refractivity contribution in [3.8, 4) is 0 Å². The Labute approximate surface area is 216 Å². The van der Waals surface area contributed by atoms with Crippen LogP contribution in [0.3, 0.4) is 0 Å². The zero-order valence-corrected chi connectivity index (χ0v) is 21.5. The van der Waals surface area contributed by atoms with Crippen LogP contribution in [0.1, 0.15) is 32.1 Å². The number of rotatable bonds is 6.